The van der Waals surface area contributed by atoms with Crippen molar-refractivity contribution in [3.63, 3.8) is 0 Å². The van der Waals surface area contributed by atoms with Gasteiger partial charge < -0.3 is 0 Å². The highest BCUT2D eigenvalue weighted by molar-refractivity contribution is 6.35. The van der Waals surface area contributed by atoms with Crippen LogP contribution in [0.1, 0.15) is 77.3 Å². The number of nitrogens with zero attached hydrogens (tertiary/aromatic N) is 2. The van der Waals surface area contributed by atoms with E-state index in [9.17, 15) is 0 Å². The summed E-state index contributed by atoms with van der Waals surface area (Å²) >= 11 is 17.9. The number of hydrogen-bond acceptors (Lipinski definition) is 2. The summed E-state index contributed by atoms with van der Waals surface area (Å²) in [5, 5.41) is 2.17. The van der Waals surface area contributed by atoms with Crippen molar-refractivity contribution in [2.75, 3.05) is 0 Å². The zero-order valence-electron chi connectivity index (χ0n) is 17.1. The average molecular weight is 432 g/mol. The second-order valence-corrected chi connectivity index (χ2v) is 7.18. The SMILES string of the molecule is CC.CCCCCc1c(Cl)cncc1Cl.CCCCCc1ccncc1Cl. The molecule has 0 radical (unpaired) electrons. The van der Waals surface area contributed by atoms with E-state index in [4.69, 9.17) is 34.8 Å². The van der Waals surface area contributed by atoms with Crippen LogP contribution in [-0.4, -0.2) is 9.97 Å². The van der Waals surface area contributed by atoms with Gasteiger partial charge in [-0.1, -0.05) is 88.2 Å². The van der Waals surface area contributed by atoms with Gasteiger partial charge in [0.1, 0.15) is 0 Å². The van der Waals surface area contributed by atoms with Gasteiger partial charge in [0.2, 0.25) is 0 Å². The van der Waals surface area contributed by atoms with Crippen LogP contribution in [-0.2, 0) is 12.8 Å². The van der Waals surface area contributed by atoms with Crippen LogP contribution >= 0.6 is 34.8 Å². The van der Waals surface area contributed by atoms with Gasteiger partial charge in [0.05, 0.1) is 15.1 Å². The lowest BCUT2D eigenvalue weighted by Gasteiger charge is -2.04. The molecule has 27 heavy (non-hydrogen) atoms. The smallest absolute Gasteiger partial charge is 0.0636 e. The summed E-state index contributed by atoms with van der Waals surface area (Å²) in [6.07, 6.45) is 16.2. The zero-order chi connectivity index (χ0) is 20.5. The largest absolute Gasteiger partial charge is 0.263 e. The molecule has 0 amide bonds. The van der Waals surface area contributed by atoms with E-state index in [1.54, 1.807) is 24.8 Å². The third-order valence-corrected chi connectivity index (χ3v) is 4.88. The van der Waals surface area contributed by atoms with Crippen molar-refractivity contribution in [2.45, 2.75) is 79.1 Å². The van der Waals surface area contributed by atoms with Crippen LogP contribution in [0, 0.1) is 0 Å². The van der Waals surface area contributed by atoms with Crippen LogP contribution in [0.15, 0.2) is 30.9 Å². The summed E-state index contributed by atoms with van der Waals surface area (Å²) in [7, 11) is 0. The summed E-state index contributed by atoms with van der Waals surface area (Å²) in [6.45, 7) is 8.38. The zero-order valence-corrected chi connectivity index (χ0v) is 19.3. The lowest BCUT2D eigenvalue weighted by atomic mass is 10.1. The van der Waals surface area contributed by atoms with E-state index in [2.05, 4.69) is 23.8 Å². The monoisotopic (exact) mass is 430 g/mol. The third kappa shape index (κ3) is 11.6. The number of unbranched alkanes of at least 4 members (excludes halogenated alkanes) is 4. The Morgan fingerprint density at radius 2 is 1.22 bits per heavy atom. The number of halogens is 3. The molecule has 2 aromatic heterocycles. The van der Waals surface area contributed by atoms with Crippen molar-refractivity contribution >= 4 is 34.8 Å². The molecule has 2 aromatic rings. The molecule has 0 atom stereocenters. The van der Waals surface area contributed by atoms with Gasteiger partial charge in [-0.05, 0) is 42.9 Å². The van der Waals surface area contributed by atoms with Gasteiger partial charge in [-0.3, -0.25) is 9.97 Å². The van der Waals surface area contributed by atoms with Gasteiger partial charge in [-0.15, -0.1) is 0 Å². The molecule has 0 bridgehead atoms. The first kappa shape index (κ1) is 26.2. The van der Waals surface area contributed by atoms with Gasteiger partial charge in [-0.2, -0.15) is 0 Å². The fourth-order valence-electron chi connectivity index (χ4n) is 2.40. The molecular weight excluding hydrogens is 399 g/mol. The predicted octanol–water partition coefficient (Wildman–Crippen LogP) is 8.62. The van der Waals surface area contributed by atoms with Gasteiger partial charge in [0, 0.05) is 24.8 Å². The second kappa shape index (κ2) is 17.3. The lowest BCUT2D eigenvalue weighted by molar-refractivity contribution is 0.717. The minimum absolute atomic E-state index is 0.684. The first-order valence-electron chi connectivity index (χ1n) is 9.96. The highest BCUT2D eigenvalue weighted by Gasteiger charge is 2.04. The summed E-state index contributed by atoms with van der Waals surface area (Å²) in [5.41, 5.74) is 2.26. The molecule has 2 rings (SSSR count). The molecule has 2 heterocycles. The van der Waals surface area contributed by atoms with E-state index >= 15 is 0 Å². The van der Waals surface area contributed by atoms with Crippen LogP contribution in [0.4, 0.5) is 0 Å². The van der Waals surface area contributed by atoms with E-state index in [-0.39, 0.29) is 0 Å². The third-order valence-electron chi connectivity index (χ3n) is 3.89. The molecular formula is C22H33Cl3N2. The maximum absolute atomic E-state index is 5.96. The number of pyridine rings is 2. The molecule has 152 valence electrons. The van der Waals surface area contributed by atoms with E-state index in [0.717, 1.165) is 29.8 Å². The van der Waals surface area contributed by atoms with Crippen molar-refractivity contribution < 1.29 is 0 Å². The van der Waals surface area contributed by atoms with Gasteiger partial charge >= 0.3 is 0 Å². The normalized spacial score (nSPS) is 9.74. The van der Waals surface area contributed by atoms with E-state index in [0.29, 0.717) is 10.0 Å². The maximum atomic E-state index is 5.96. The first-order valence-corrected chi connectivity index (χ1v) is 11.1. The fourth-order valence-corrected chi connectivity index (χ4v) is 3.17. The van der Waals surface area contributed by atoms with E-state index in [1.807, 2.05) is 19.9 Å². The molecule has 0 unspecified atom stereocenters. The Morgan fingerprint density at radius 3 is 1.74 bits per heavy atom. The minimum Gasteiger partial charge on any atom is -0.263 e. The second-order valence-electron chi connectivity index (χ2n) is 5.96. The Labute approximate surface area is 180 Å². The molecule has 0 aliphatic rings. The van der Waals surface area contributed by atoms with Crippen LogP contribution in [0.3, 0.4) is 0 Å². The van der Waals surface area contributed by atoms with Gasteiger partial charge in [0.15, 0.2) is 0 Å². The Kier molecular flexibility index (Phi) is 16.7. The summed E-state index contributed by atoms with van der Waals surface area (Å²) in [6, 6.07) is 2.00. The quantitative estimate of drug-likeness (QED) is 0.391. The lowest BCUT2D eigenvalue weighted by Crippen LogP contribution is -1.89. The minimum atomic E-state index is 0.684. The van der Waals surface area contributed by atoms with E-state index < -0.39 is 0 Å². The fraction of sp³-hybridized carbons (Fsp3) is 0.545. The van der Waals surface area contributed by atoms with Crippen LogP contribution in [0.2, 0.25) is 15.1 Å². The molecule has 0 aromatic carbocycles. The van der Waals surface area contributed by atoms with Crippen LogP contribution < -0.4 is 0 Å². The molecule has 0 spiro atoms. The summed E-state index contributed by atoms with van der Waals surface area (Å²) < 4.78 is 0. The Hall–Kier alpha value is -0.830. The molecule has 0 saturated carbocycles. The Morgan fingerprint density at radius 1 is 0.704 bits per heavy atom. The standard InChI is InChI=1S/C10H13Cl2N.C10H14ClN.C2H6/c1-2-3-4-5-8-9(11)6-13-7-10(8)12;1-2-3-4-5-9-6-7-12-8-10(9)11;1-2/h6-7H,2-5H2,1H3;6-8H,2-5H2,1H3;1-2H3. The molecule has 0 N–H and O–H groups in total. The van der Waals surface area contributed by atoms with Crippen LogP contribution in [0.25, 0.3) is 0 Å². The molecule has 0 saturated heterocycles. The molecule has 5 heteroatoms. The Balaban J connectivity index is 0.000000460. The molecule has 0 fully saturated rings. The van der Waals surface area contributed by atoms with Crippen molar-refractivity contribution in [1.82, 2.24) is 9.97 Å². The van der Waals surface area contributed by atoms with Crippen molar-refractivity contribution in [3.8, 4) is 0 Å². The molecule has 2 nitrogen and oxygen atoms in total. The average Bonchev–Trinajstić information content (AvgIpc) is 2.68. The number of hydrogen-bond donors (Lipinski definition) is 0. The van der Waals surface area contributed by atoms with E-state index in [1.165, 1.54) is 37.7 Å². The van der Waals surface area contributed by atoms with Gasteiger partial charge in [0.25, 0.3) is 0 Å². The first-order chi connectivity index (χ1) is 13.1. The molecule has 0 aliphatic carbocycles. The summed E-state index contributed by atoms with van der Waals surface area (Å²) in [4.78, 5) is 7.85. The Bertz CT molecular complexity index is 598. The number of aryl methyl sites for hydroxylation is 1. The van der Waals surface area contributed by atoms with Crippen LogP contribution in [0.5, 0.6) is 0 Å². The predicted molar refractivity (Wildman–Crippen MR) is 121 cm³/mol. The van der Waals surface area contributed by atoms with Crippen molar-refractivity contribution in [1.29, 1.82) is 0 Å². The van der Waals surface area contributed by atoms with Crippen molar-refractivity contribution in [2.24, 2.45) is 0 Å². The number of aromatic nitrogens is 2. The molecule has 0 aliphatic heterocycles. The van der Waals surface area contributed by atoms with Crippen molar-refractivity contribution in [3.05, 3.63) is 57.0 Å². The van der Waals surface area contributed by atoms with Gasteiger partial charge in [-0.25, -0.2) is 0 Å². The highest BCUT2D eigenvalue weighted by atomic mass is 35.5. The topological polar surface area (TPSA) is 25.8 Å². The highest BCUT2D eigenvalue weighted by Crippen LogP contribution is 2.24. The summed E-state index contributed by atoms with van der Waals surface area (Å²) in [5.74, 6) is 0. The number of rotatable bonds is 8. The maximum Gasteiger partial charge on any atom is 0.0636 e.